The van der Waals surface area contributed by atoms with E-state index < -0.39 is 35.3 Å². The van der Waals surface area contributed by atoms with Crippen molar-refractivity contribution in [3.8, 4) is 5.75 Å². The smallest absolute Gasteiger partial charge is 0.437 e. The van der Waals surface area contributed by atoms with Crippen LogP contribution in [-0.2, 0) is 20.7 Å². The van der Waals surface area contributed by atoms with Gasteiger partial charge in [0.1, 0.15) is 17.0 Å². The van der Waals surface area contributed by atoms with Crippen molar-refractivity contribution in [1.29, 1.82) is 0 Å². The number of carboxylic acids is 1. The fraction of sp³-hybridized carbons (Fsp3) is 0.370. The fourth-order valence-corrected chi connectivity index (χ4v) is 3.16. The molecule has 2 aromatic rings. The number of alkyl carbamates (subject to hydrolysis) is 1. The minimum absolute atomic E-state index is 0.0727. The van der Waals surface area contributed by atoms with Crippen molar-refractivity contribution in [2.75, 3.05) is 5.32 Å². The van der Waals surface area contributed by atoms with Crippen LogP contribution in [0.15, 0.2) is 47.5 Å². The van der Waals surface area contributed by atoms with Crippen LogP contribution in [0.5, 0.6) is 5.75 Å². The van der Waals surface area contributed by atoms with E-state index in [2.05, 4.69) is 15.6 Å². The first-order chi connectivity index (χ1) is 18.0. The van der Waals surface area contributed by atoms with Crippen LogP contribution in [0.2, 0.25) is 5.02 Å². The Morgan fingerprint density at radius 3 is 2.08 bits per heavy atom. The lowest BCUT2D eigenvalue weighted by Gasteiger charge is -2.21. The first-order valence-electron chi connectivity index (χ1n) is 11.9. The number of aliphatic carboxylic acids is 1. The van der Waals surface area contributed by atoms with Gasteiger partial charge in [-0.25, -0.2) is 14.4 Å². The van der Waals surface area contributed by atoms with Gasteiger partial charge in [0, 0.05) is 17.1 Å². The molecule has 0 unspecified atom stereocenters. The van der Waals surface area contributed by atoms with Gasteiger partial charge in [0.25, 0.3) is 0 Å². The number of carbonyl (C=O) groups excluding carboxylic acids is 3. The zero-order chi connectivity index (χ0) is 29.4. The molecule has 0 atom stereocenters. The third-order valence-electron chi connectivity index (χ3n) is 4.44. The second-order valence-electron chi connectivity index (χ2n) is 10.3. The van der Waals surface area contributed by atoms with Crippen LogP contribution >= 0.6 is 11.6 Å². The number of halogens is 1. The summed E-state index contributed by atoms with van der Waals surface area (Å²) in [7, 11) is 0. The molecule has 3 N–H and O–H groups in total. The average molecular weight is 562 g/mol. The number of benzene rings is 2. The van der Waals surface area contributed by atoms with Crippen molar-refractivity contribution in [3.05, 3.63) is 58.6 Å². The number of ether oxygens (including phenoxy) is 3. The molecule has 2 aromatic carbocycles. The van der Waals surface area contributed by atoms with Gasteiger partial charge in [-0.3, -0.25) is 10.1 Å². The van der Waals surface area contributed by atoms with E-state index in [1.165, 1.54) is 36.4 Å². The van der Waals surface area contributed by atoms with E-state index in [1.54, 1.807) is 47.6 Å². The van der Waals surface area contributed by atoms with E-state index in [0.29, 0.717) is 11.3 Å². The number of hydrogen-bond donors (Lipinski definition) is 3. The number of carboxylic acid groups (broad SMARTS) is 1. The van der Waals surface area contributed by atoms with E-state index in [4.69, 9.17) is 30.9 Å². The monoisotopic (exact) mass is 561 g/mol. The summed E-state index contributed by atoms with van der Waals surface area (Å²) in [5, 5.41) is 14.3. The fourth-order valence-electron chi connectivity index (χ4n) is 2.89. The topological polar surface area (TPSA) is 153 Å². The highest BCUT2D eigenvalue weighted by Gasteiger charge is 2.21. The molecule has 0 spiro atoms. The van der Waals surface area contributed by atoms with Crippen LogP contribution in [0.1, 0.15) is 63.9 Å². The van der Waals surface area contributed by atoms with E-state index >= 15 is 0 Å². The van der Waals surface area contributed by atoms with Crippen molar-refractivity contribution in [2.24, 2.45) is 4.99 Å². The van der Waals surface area contributed by atoms with Crippen molar-refractivity contribution in [3.63, 3.8) is 0 Å². The lowest BCUT2D eigenvalue weighted by atomic mass is 10.1. The van der Waals surface area contributed by atoms with Gasteiger partial charge in [-0.2, -0.15) is 0 Å². The molecule has 11 nitrogen and oxygen atoms in total. The summed E-state index contributed by atoms with van der Waals surface area (Å²) >= 11 is 6.18. The minimum atomic E-state index is -0.941. The molecule has 39 heavy (non-hydrogen) atoms. The Balaban J connectivity index is 2.13. The first kappa shape index (κ1) is 31.1. The quantitative estimate of drug-likeness (QED) is 0.172. The molecule has 12 heteroatoms. The van der Waals surface area contributed by atoms with Crippen LogP contribution in [0, 0.1) is 0 Å². The second kappa shape index (κ2) is 13.1. The highest BCUT2D eigenvalue weighted by molar-refractivity contribution is 6.31. The molecule has 0 fully saturated rings. The van der Waals surface area contributed by atoms with Gasteiger partial charge in [-0.15, -0.1) is 4.99 Å². The lowest BCUT2D eigenvalue weighted by molar-refractivity contribution is -0.136. The Kier molecular flexibility index (Phi) is 10.4. The Morgan fingerprint density at radius 1 is 0.923 bits per heavy atom. The number of amides is 2. The van der Waals surface area contributed by atoms with Crippen LogP contribution in [0.25, 0.3) is 0 Å². The van der Waals surface area contributed by atoms with Crippen LogP contribution < -0.4 is 15.4 Å². The molecule has 0 saturated carbocycles. The van der Waals surface area contributed by atoms with E-state index in [0.717, 1.165) is 0 Å². The molecule has 0 aliphatic heterocycles. The van der Waals surface area contributed by atoms with Crippen molar-refractivity contribution in [1.82, 2.24) is 5.32 Å². The van der Waals surface area contributed by atoms with Gasteiger partial charge in [0.05, 0.1) is 5.56 Å². The summed E-state index contributed by atoms with van der Waals surface area (Å²) in [6.07, 6.45) is -1.60. The molecule has 2 rings (SSSR count). The Hall–Kier alpha value is -4.12. The number of nitrogens with one attached hydrogen (secondary N) is 2. The van der Waals surface area contributed by atoms with E-state index in [9.17, 15) is 19.2 Å². The van der Waals surface area contributed by atoms with Gasteiger partial charge in [-0.1, -0.05) is 17.7 Å². The number of anilines is 1. The molecule has 0 bridgehead atoms. The summed E-state index contributed by atoms with van der Waals surface area (Å²) in [4.78, 5) is 51.6. The average Bonchev–Trinajstić information content (AvgIpc) is 2.76. The van der Waals surface area contributed by atoms with Crippen LogP contribution in [-0.4, -0.2) is 46.4 Å². The third kappa shape index (κ3) is 11.9. The standard InChI is InChI=1S/C27H32ClN3O8/c1-26(2,3)38-24(35)30-23(31-25(36)39-27(4,5)6)29-18-11-7-17(8-12-18)22(34)37-19-13-9-16(20(28)15-19)10-14-21(32)33/h7-9,11-13,15H,10,14H2,1-6H3,(H,32,33)(H2,29,30,31,35,36). The number of rotatable bonds is 6. The predicted molar refractivity (Wildman–Crippen MR) is 145 cm³/mol. The summed E-state index contributed by atoms with van der Waals surface area (Å²) in [5.41, 5.74) is -0.374. The van der Waals surface area contributed by atoms with Crippen molar-refractivity contribution in [2.45, 2.75) is 65.6 Å². The van der Waals surface area contributed by atoms with E-state index in [-0.39, 0.29) is 35.1 Å². The molecular formula is C27H32ClN3O8. The summed E-state index contributed by atoms with van der Waals surface area (Å²) < 4.78 is 15.8. The molecule has 0 heterocycles. The van der Waals surface area contributed by atoms with Gasteiger partial charge < -0.3 is 24.6 Å². The normalized spacial score (nSPS) is 11.8. The third-order valence-corrected chi connectivity index (χ3v) is 4.79. The van der Waals surface area contributed by atoms with Crippen molar-refractivity contribution >= 4 is 47.4 Å². The highest BCUT2D eigenvalue weighted by Crippen LogP contribution is 2.24. The maximum Gasteiger partial charge on any atom is 0.437 e. The number of aliphatic imine (C=N–C) groups is 1. The summed E-state index contributed by atoms with van der Waals surface area (Å²) in [6.45, 7) is 10.1. The van der Waals surface area contributed by atoms with Crippen LogP contribution in [0.3, 0.4) is 0 Å². The first-order valence-corrected chi connectivity index (χ1v) is 12.3. The maximum atomic E-state index is 12.6. The summed E-state index contributed by atoms with van der Waals surface area (Å²) in [6, 6.07) is 10.5. The molecule has 0 aliphatic rings. The minimum Gasteiger partial charge on any atom is -0.481 e. The van der Waals surface area contributed by atoms with Gasteiger partial charge in [0.2, 0.25) is 5.96 Å². The zero-order valence-corrected chi connectivity index (χ0v) is 23.3. The molecule has 2 amide bonds. The lowest BCUT2D eigenvalue weighted by Crippen LogP contribution is -2.40. The van der Waals surface area contributed by atoms with E-state index in [1.807, 2.05) is 0 Å². The number of guanidine groups is 1. The zero-order valence-electron chi connectivity index (χ0n) is 22.6. The van der Waals surface area contributed by atoms with Gasteiger partial charge >= 0.3 is 24.1 Å². The number of nitrogens with zero attached hydrogens (tertiary/aromatic N) is 1. The summed E-state index contributed by atoms with van der Waals surface area (Å²) in [5.74, 6) is -1.65. The Labute approximate surface area is 231 Å². The number of hydrogen-bond acceptors (Lipinski definition) is 7. The molecule has 210 valence electrons. The molecule has 0 aliphatic carbocycles. The Morgan fingerprint density at radius 2 is 1.54 bits per heavy atom. The molecule has 0 aromatic heterocycles. The highest BCUT2D eigenvalue weighted by atomic mass is 35.5. The van der Waals surface area contributed by atoms with Crippen LogP contribution in [0.4, 0.5) is 15.3 Å². The predicted octanol–water partition coefficient (Wildman–Crippen LogP) is 5.80. The second-order valence-corrected chi connectivity index (χ2v) is 10.7. The molecular weight excluding hydrogens is 530 g/mol. The van der Waals surface area contributed by atoms with Crippen molar-refractivity contribution < 1.29 is 38.5 Å². The number of aryl methyl sites for hydroxylation is 1. The number of esters is 1. The van der Waals surface area contributed by atoms with Gasteiger partial charge in [0.15, 0.2) is 0 Å². The molecule has 0 saturated heterocycles. The SMILES string of the molecule is CC(C)(C)OC(=O)N=C(NC(=O)OC(C)(C)C)Nc1ccc(C(=O)Oc2ccc(CCC(=O)O)c(Cl)c2)cc1. The number of carbonyl (C=O) groups is 4. The maximum absolute atomic E-state index is 12.6. The van der Waals surface area contributed by atoms with Gasteiger partial charge in [-0.05, 0) is 89.9 Å². The Bertz CT molecular complexity index is 1250. The largest absolute Gasteiger partial charge is 0.481 e. The molecule has 0 radical (unpaired) electrons.